The summed E-state index contributed by atoms with van der Waals surface area (Å²) in [5.41, 5.74) is 4.25. The second-order valence-electron chi connectivity index (χ2n) is 6.24. The summed E-state index contributed by atoms with van der Waals surface area (Å²) in [6.45, 7) is 5.97. The van der Waals surface area contributed by atoms with Crippen molar-refractivity contribution >= 4 is 43.2 Å². The normalized spacial score (nSPS) is 13.7. The van der Waals surface area contributed by atoms with Gasteiger partial charge in [-0.3, -0.25) is 9.52 Å². The van der Waals surface area contributed by atoms with E-state index in [0.29, 0.717) is 22.4 Å². The van der Waals surface area contributed by atoms with Gasteiger partial charge < -0.3 is 4.90 Å². The van der Waals surface area contributed by atoms with E-state index in [9.17, 15) is 13.2 Å². The molecule has 0 spiro atoms. The van der Waals surface area contributed by atoms with Gasteiger partial charge in [0.1, 0.15) is 4.90 Å². The fourth-order valence-corrected chi connectivity index (χ4v) is 5.10. The maximum atomic E-state index is 12.9. The number of halogens is 1. The highest BCUT2D eigenvalue weighted by molar-refractivity contribution is 9.10. The quantitative estimate of drug-likeness (QED) is 0.817. The molecule has 0 bridgehead atoms. The first-order chi connectivity index (χ1) is 11.7. The maximum Gasteiger partial charge on any atom is 0.263 e. The van der Waals surface area contributed by atoms with Crippen LogP contribution in [-0.4, -0.2) is 20.9 Å². The van der Waals surface area contributed by atoms with E-state index in [1.54, 1.807) is 29.2 Å². The first-order valence-corrected chi connectivity index (χ1v) is 10.2. The first kappa shape index (κ1) is 17.9. The topological polar surface area (TPSA) is 66.5 Å². The zero-order valence-corrected chi connectivity index (χ0v) is 16.7. The Hall–Kier alpha value is -1.86. The Bertz CT molecular complexity index is 971. The smallest absolute Gasteiger partial charge is 0.263 e. The second kappa shape index (κ2) is 6.46. The van der Waals surface area contributed by atoms with E-state index in [2.05, 4.69) is 20.7 Å². The van der Waals surface area contributed by atoms with Gasteiger partial charge in [0, 0.05) is 29.3 Å². The molecule has 0 atom stereocenters. The van der Waals surface area contributed by atoms with Crippen LogP contribution in [0.1, 0.15) is 23.6 Å². The molecule has 132 valence electrons. The zero-order valence-electron chi connectivity index (χ0n) is 14.3. The van der Waals surface area contributed by atoms with Crippen LogP contribution >= 0.6 is 15.9 Å². The van der Waals surface area contributed by atoms with E-state index in [4.69, 9.17) is 0 Å². The van der Waals surface area contributed by atoms with E-state index < -0.39 is 10.0 Å². The summed E-state index contributed by atoms with van der Waals surface area (Å²) >= 11 is 3.36. The van der Waals surface area contributed by atoms with Crippen LogP contribution < -0.4 is 9.62 Å². The van der Waals surface area contributed by atoms with Crippen molar-refractivity contribution in [2.45, 2.75) is 32.1 Å². The summed E-state index contributed by atoms with van der Waals surface area (Å²) in [5, 5.41) is 0. The number of carbonyl (C=O) groups is 1. The lowest BCUT2D eigenvalue weighted by molar-refractivity contribution is -0.116. The molecule has 7 heteroatoms. The summed E-state index contributed by atoms with van der Waals surface area (Å²) in [6.07, 6.45) is 0.721. The molecule has 1 N–H and O–H groups in total. The fraction of sp³-hybridized carbons (Fsp3) is 0.278. The molecule has 5 nitrogen and oxygen atoms in total. The van der Waals surface area contributed by atoms with E-state index in [1.165, 1.54) is 6.92 Å². The molecule has 0 radical (unpaired) electrons. The van der Waals surface area contributed by atoms with E-state index >= 15 is 0 Å². The fourth-order valence-electron chi connectivity index (χ4n) is 2.94. The predicted octanol–water partition coefficient (Wildman–Crippen LogP) is 3.78. The van der Waals surface area contributed by atoms with Crippen molar-refractivity contribution in [1.82, 2.24) is 0 Å². The van der Waals surface area contributed by atoms with Gasteiger partial charge in [-0.2, -0.15) is 0 Å². The van der Waals surface area contributed by atoms with Crippen LogP contribution in [0.4, 0.5) is 11.4 Å². The minimum Gasteiger partial charge on any atom is -0.312 e. The molecule has 0 fully saturated rings. The van der Waals surface area contributed by atoms with Crippen molar-refractivity contribution in [3.8, 4) is 0 Å². The van der Waals surface area contributed by atoms with Crippen LogP contribution in [0.25, 0.3) is 0 Å². The molecule has 1 aliphatic heterocycles. The van der Waals surface area contributed by atoms with Gasteiger partial charge in [0.2, 0.25) is 5.91 Å². The monoisotopic (exact) mass is 422 g/mol. The van der Waals surface area contributed by atoms with Crippen molar-refractivity contribution in [2.24, 2.45) is 0 Å². The number of nitrogens with zero attached hydrogens (tertiary/aromatic N) is 1. The van der Waals surface area contributed by atoms with Crippen molar-refractivity contribution < 1.29 is 13.2 Å². The Morgan fingerprint density at radius 1 is 1.16 bits per heavy atom. The molecule has 1 amide bonds. The standard InChI is InChI=1S/C18H19BrN2O3S/c1-11-4-5-15(8-12(11)2)20-25(23,24)18-10-17-14(9-16(18)19)6-7-21(17)13(3)22/h4-5,8-10,20H,6-7H2,1-3H3. The lowest BCUT2D eigenvalue weighted by Crippen LogP contribution is -2.26. The predicted molar refractivity (Wildman–Crippen MR) is 103 cm³/mol. The summed E-state index contributed by atoms with van der Waals surface area (Å²) in [7, 11) is -3.78. The zero-order chi connectivity index (χ0) is 18.4. The minimum absolute atomic E-state index is 0.0912. The molecule has 1 aliphatic rings. The Morgan fingerprint density at radius 2 is 1.88 bits per heavy atom. The Labute approximate surface area is 156 Å². The number of anilines is 2. The Kier molecular flexibility index (Phi) is 4.64. The number of amides is 1. The van der Waals surface area contributed by atoms with E-state index in [-0.39, 0.29) is 10.8 Å². The number of benzene rings is 2. The lowest BCUT2D eigenvalue weighted by Gasteiger charge is -2.17. The van der Waals surface area contributed by atoms with Gasteiger partial charge in [-0.1, -0.05) is 6.07 Å². The number of hydrogen-bond acceptors (Lipinski definition) is 3. The SMILES string of the molecule is CC(=O)N1CCc2cc(Br)c(S(=O)(=O)Nc3ccc(C)c(C)c3)cc21. The summed E-state index contributed by atoms with van der Waals surface area (Å²) < 4.78 is 28.8. The molecule has 0 saturated carbocycles. The van der Waals surface area contributed by atoms with E-state index in [0.717, 1.165) is 23.1 Å². The Morgan fingerprint density at radius 3 is 2.52 bits per heavy atom. The summed E-state index contributed by atoms with van der Waals surface area (Å²) in [4.78, 5) is 13.5. The van der Waals surface area contributed by atoms with Gasteiger partial charge in [-0.25, -0.2) is 8.42 Å². The van der Waals surface area contributed by atoms with Gasteiger partial charge in [0.25, 0.3) is 10.0 Å². The van der Waals surface area contributed by atoms with Crippen molar-refractivity contribution in [3.05, 3.63) is 51.5 Å². The maximum absolute atomic E-state index is 12.9. The molecule has 3 rings (SSSR count). The lowest BCUT2D eigenvalue weighted by atomic mass is 10.1. The molecular formula is C18H19BrN2O3S. The molecule has 25 heavy (non-hydrogen) atoms. The molecule has 2 aromatic rings. The average Bonchev–Trinajstić information content (AvgIpc) is 2.92. The van der Waals surface area contributed by atoms with Crippen molar-refractivity contribution in [1.29, 1.82) is 0 Å². The van der Waals surface area contributed by atoms with Gasteiger partial charge in [0.05, 0.1) is 0 Å². The number of fused-ring (bicyclic) bond motifs is 1. The van der Waals surface area contributed by atoms with Crippen molar-refractivity contribution in [3.63, 3.8) is 0 Å². The highest BCUT2D eigenvalue weighted by atomic mass is 79.9. The van der Waals surface area contributed by atoms with Crippen LogP contribution in [0.15, 0.2) is 39.7 Å². The first-order valence-electron chi connectivity index (χ1n) is 7.89. The van der Waals surface area contributed by atoms with Crippen LogP contribution in [-0.2, 0) is 21.2 Å². The molecular weight excluding hydrogens is 404 g/mol. The minimum atomic E-state index is -3.78. The molecule has 0 saturated heterocycles. The average molecular weight is 423 g/mol. The third-order valence-electron chi connectivity index (χ3n) is 4.46. The second-order valence-corrected chi connectivity index (χ2v) is 8.74. The molecule has 0 unspecified atom stereocenters. The molecule has 0 aliphatic carbocycles. The van der Waals surface area contributed by atoms with Gasteiger partial charge in [-0.15, -0.1) is 0 Å². The van der Waals surface area contributed by atoms with Crippen LogP contribution in [0.2, 0.25) is 0 Å². The van der Waals surface area contributed by atoms with Gasteiger partial charge in [-0.05, 0) is 77.2 Å². The molecule has 0 aromatic heterocycles. The Balaban J connectivity index is 2.01. The third-order valence-corrected chi connectivity index (χ3v) is 6.80. The van der Waals surface area contributed by atoms with Crippen LogP contribution in [0, 0.1) is 13.8 Å². The van der Waals surface area contributed by atoms with Crippen LogP contribution in [0.5, 0.6) is 0 Å². The van der Waals surface area contributed by atoms with Crippen LogP contribution in [0.3, 0.4) is 0 Å². The summed E-state index contributed by atoms with van der Waals surface area (Å²) in [6, 6.07) is 8.77. The number of hydrogen-bond donors (Lipinski definition) is 1. The number of sulfonamides is 1. The number of aryl methyl sites for hydroxylation is 2. The van der Waals surface area contributed by atoms with E-state index in [1.807, 2.05) is 19.9 Å². The highest BCUT2D eigenvalue weighted by Gasteiger charge is 2.27. The number of rotatable bonds is 3. The molecule has 2 aromatic carbocycles. The number of carbonyl (C=O) groups excluding carboxylic acids is 1. The van der Waals surface area contributed by atoms with Gasteiger partial charge in [0.15, 0.2) is 0 Å². The summed E-state index contributed by atoms with van der Waals surface area (Å²) in [5.74, 6) is -0.0912. The largest absolute Gasteiger partial charge is 0.312 e. The highest BCUT2D eigenvalue weighted by Crippen LogP contribution is 2.36. The third kappa shape index (κ3) is 3.43. The van der Waals surface area contributed by atoms with Crippen molar-refractivity contribution in [2.75, 3.05) is 16.2 Å². The number of nitrogens with one attached hydrogen (secondary N) is 1. The molecule has 1 heterocycles. The van der Waals surface area contributed by atoms with Gasteiger partial charge >= 0.3 is 0 Å².